The van der Waals surface area contributed by atoms with E-state index in [0.717, 1.165) is 23.5 Å². The Morgan fingerprint density at radius 2 is 2.29 bits per heavy atom. The van der Waals surface area contributed by atoms with E-state index in [1.807, 2.05) is 6.92 Å². The summed E-state index contributed by atoms with van der Waals surface area (Å²) in [5.74, 6) is 0.299. The number of anilines is 1. The number of hydrogen-bond donors (Lipinski definition) is 2. The first-order chi connectivity index (χ1) is 8.01. The molecule has 2 heterocycles. The van der Waals surface area contributed by atoms with Gasteiger partial charge in [0.25, 0.3) is 10.0 Å². The first kappa shape index (κ1) is 12.1. The Morgan fingerprint density at radius 1 is 1.53 bits per heavy atom. The Balaban J connectivity index is 2.23. The van der Waals surface area contributed by atoms with Gasteiger partial charge in [0.15, 0.2) is 10.0 Å². The molecule has 0 fully saturated rings. The van der Waals surface area contributed by atoms with Crippen LogP contribution in [-0.2, 0) is 16.4 Å². The zero-order valence-electron chi connectivity index (χ0n) is 9.39. The van der Waals surface area contributed by atoms with E-state index >= 15 is 0 Å². The molecule has 0 saturated heterocycles. The van der Waals surface area contributed by atoms with Crippen LogP contribution in [0.2, 0.25) is 0 Å². The highest BCUT2D eigenvalue weighted by atomic mass is 32.2. The molecule has 0 aliphatic rings. The van der Waals surface area contributed by atoms with Crippen molar-refractivity contribution in [1.82, 2.24) is 15.2 Å². The van der Waals surface area contributed by atoms with Crippen LogP contribution in [0.15, 0.2) is 16.5 Å². The van der Waals surface area contributed by atoms with E-state index in [4.69, 9.17) is 0 Å². The van der Waals surface area contributed by atoms with Gasteiger partial charge < -0.3 is 0 Å². The van der Waals surface area contributed by atoms with Gasteiger partial charge in [-0.05, 0) is 13.3 Å². The molecule has 2 aromatic heterocycles. The molecule has 0 atom stereocenters. The van der Waals surface area contributed by atoms with Crippen LogP contribution in [0.3, 0.4) is 0 Å². The molecule has 8 heteroatoms. The number of hydrogen-bond acceptors (Lipinski definition) is 5. The van der Waals surface area contributed by atoms with Crippen LogP contribution in [0.1, 0.15) is 17.6 Å². The lowest BCUT2D eigenvalue weighted by molar-refractivity contribution is 0.602. The van der Waals surface area contributed by atoms with Gasteiger partial charge in [0, 0.05) is 11.8 Å². The van der Waals surface area contributed by atoms with Crippen molar-refractivity contribution in [3.63, 3.8) is 0 Å². The number of nitrogens with zero attached hydrogens (tertiary/aromatic N) is 2. The normalized spacial score (nSPS) is 11.6. The summed E-state index contributed by atoms with van der Waals surface area (Å²) >= 11 is 1.13. The van der Waals surface area contributed by atoms with Crippen molar-refractivity contribution >= 4 is 27.2 Å². The van der Waals surface area contributed by atoms with Crippen LogP contribution in [0.4, 0.5) is 5.82 Å². The van der Waals surface area contributed by atoms with Crippen LogP contribution < -0.4 is 4.72 Å². The molecule has 0 spiro atoms. The highest BCUT2D eigenvalue weighted by Crippen LogP contribution is 2.20. The maximum Gasteiger partial charge on any atom is 0.274 e. The molecule has 17 heavy (non-hydrogen) atoms. The zero-order chi connectivity index (χ0) is 12.5. The Morgan fingerprint density at radius 3 is 2.82 bits per heavy atom. The minimum absolute atomic E-state index is 0.191. The number of H-pyrrole nitrogens is 1. The topological polar surface area (TPSA) is 87.7 Å². The average molecular weight is 272 g/mol. The SMILES string of the molecule is CCc1cc(NS(=O)(=O)c2cnc(C)s2)n[nH]1. The smallest absolute Gasteiger partial charge is 0.274 e. The minimum atomic E-state index is -3.56. The minimum Gasteiger partial charge on any atom is -0.280 e. The lowest BCUT2D eigenvalue weighted by atomic mass is 10.3. The zero-order valence-corrected chi connectivity index (χ0v) is 11.0. The third-order valence-electron chi connectivity index (χ3n) is 2.12. The van der Waals surface area contributed by atoms with Crippen molar-refractivity contribution in [3.8, 4) is 0 Å². The number of aryl methyl sites for hydroxylation is 2. The van der Waals surface area contributed by atoms with Crippen LogP contribution in [0.25, 0.3) is 0 Å². The van der Waals surface area contributed by atoms with Gasteiger partial charge in [-0.15, -0.1) is 11.3 Å². The first-order valence-corrected chi connectivity index (χ1v) is 7.31. The maximum atomic E-state index is 11.9. The molecule has 0 aliphatic carbocycles. The van der Waals surface area contributed by atoms with Gasteiger partial charge in [-0.1, -0.05) is 6.92 Å². The molecule has 0 aliphatic heterocycles. The van der Waals surface area contributed by atoms with E-state index in [9.17, 15) is 8.42 Å². The lowest BCUT2D eigenvalue weighted by Crippen LogP contribution is -2.11. The van der Waals surface area contributed by atoms with Gasteiger partial charge in [0.05, 0.1) is 11.2 Å². The molecule has 0 unspecified atom stereocenters. The quantitative estimate of drug-likeness (QED) is 0.883. The molecule has 0 saturated carbocycles. The largest absolute Gasteiger partial charge is 0.280 e. The monoisotopic (exact) mass is 272 g/mol. The number of sulfonamides is 1. The third kappa shape index (κ3) is 2.64. The average Bonchev–Trinajstić information content (AvgIpc) is 2.86. The van der Waals surface area contributed by atoms with E-state index in [0.29, 0.717) is 10.8 Å². The number of aromatic amines is 1. The van der Waals surface area contributed by atoms with Gasteiger partial charge in [-0.25, -0.2) is 13.4 Å². The molecule has 6 nitrogen and oxygen atoms in total. The summed E-state index contributed by atoms with van der Waals surface area (Å²) in [5.41, 5.74) is 0.878. The van der Waals surface area contributed by atoms with Gasteiger partial charge in [-0.2, -0.15) is 5.10 Å². The van der Waals surface area contributed by atoms with Crippen molar-refractivity contribution in [3.05, 3.63) is 23.0 Å². The van der Waals surface area contributed by atoms with E-state index in [1.54, 1.807) is 13.0 Å². The van der Waals surface area contributed by atoms with E-state index < -0.39 is 10.0 Å². The standard InChI is InChI=1S/C9H12N4O2S2/c1-3-7-4-8(12-11-7)13-17(14,15)9-5-10-6(2)16-9/h4-5H,3H2,1-2H3,(H2,11,12,13). The van der Waals surface area contributed by atoms with E-state index in [2.05, 4.69) is 19.9 Å². The van der Waals surface area contributed by atoms with Crippen molar-refractivity contribution in [2.24, 2.45) is 0 Å². The first-order valence-electron chi connectivity index (χ1n) is 5.01. The van der Waals surface area contributed by atoms with Crippen molar-refractivity contribution in [1.29, 1.82) is 0 Å². The molecular formula is C9H12N4O2S2. The van der Waals surface area contributed by atoms with E-state index in [-0.39, 0.29) is 4.21 Å². The molecule has 92 valence electrons. The van der Waals surface area contributed by atoms with Crippen LogP contribution in [0, 0.1) is 6.92 Å². The highest BCUT2D eigenvalue weighted by Gasteiger charge is 2.18. The molecule has 0 amide bonds. The molecule has 2 N–H and O–H groups in total. The second kappa shape index (κ2) is 4.46. The number of rotatable bonds is 4. The molecule has 0 aromatic carbocycles. The van der Waals surface area contributed by atoms with Gasteiger partial charge in [-0.3, -0.25) is 9.82 Å². The summed E-state index contributed by atoms with van der Waals surface area (Å²) < 4.78 is 26.4. The summed E-state index contributed by atoms with van der Waals surface area (Å²) in [6, 6.07) is 1.67. The van der Waals surface area contributed by atoms with Crippen LogP contribution >= 0.6 is 11.3 Å². The van der Waals surface area contributed by atoms with Gasteiger partial charge in [0.1, 0.15) is 0 Å². The molecule has 0 radical (unpaired) electrons. The van der Waals surface area contributed by atoms with Gasteiger partial charge in [0.2, 0.25) is 0 Å². The fourth-order valence-electron chi connectivity index (χ4n) is 1.25. The second-order valence-corrected chi connectivity index (χ2v) is 6.58. The van der Waals surface area contributed by atoms with Crippen LogP contribution in [0.5, 0.6) is 0 Å². The summed E-state index contributed by atoms with van der Waals surface area (Å²) in [6.45, 7) is 3.71. The maximum absolute atomic E-state index is 11.9. The van der Waals surface area contributed by atoms with E-state index in [1.165, 1.54) is 6.20 Å². The third-order valence-corrected chi connectivity index (χ3v) is 4.84. The summed E-state index contributed by atoms with van der Waals surface area (Å²) in [5, 5.41) is 7.33. The Labute approximate surface area is 103 Å². The predicted octanol–water partition coefficient (Wildman–Crippen LogP) is 1.54. The summed E-state index contributed by atoms with van der Waals surface area (Å²) in [7, 11) is -3.56. The van der Waals surface area contributed by atoms with Crippen molar-refractivity contribution in [2.75, 3.05) is 4.72 Å². The van der Waals surface area contributed by atoms with Crippen LogP contribution in [-0.4, -0.2) is 23.6 Å². The molecule has 0 bridgehead atoms. The number of thiazole rings is 1. The Hall–Kier alpha value is -1.41. The number of aromatic nitrogens is 3. The number of nitrogens with one attached hydrogen (secondary N) is 2. The highest BCUT2D eigenvalue weighted by molar-refractivity contribution is 7.94. The Kier molecular flexibility index (Phi) is 3.16. The predicted molar refractivity (Wildman–Crippen MR) is 65.6 cm³/mol. The lowest BCUT2D eigenvalue weighted by Gasteiger charge is -2.00. The fraction of sp³-hybridized carbons (Fsp3) is 0.333. The summed E-state index contributed by atoms with van der Waals surface area (Å²) in [6.07, 6.45) is 2.12. The second-order valence-electron chi connectivity index (χ2n) is 3.44. The molecule has 2 aromatic rings. The fourth-order valence-corrected chi connectivity index (χ4v) is 3.35. The molecule has 2 rings (SSSR count). The summed E-state index contributed by atoms with van der Waals surface area (Å²) in [4.78, 5) is 3.92. The molecular weight excluding hydrogens is 260 g/mol. The van der Waals surface area contributed by atoms with Crippen molar-refractivity contribution in [2.45, 2.75) is 24.5 Å². The van der Waals surface area contributed by atoms with Crippen molar-refractivity contribution < 1.29 is 8.42 Å². The van der Waals surface area contributed by atoms with Gasteiger partial charge >= 0.3 is 0 Å². The Bertz CT molecular complexity index is 614.